The van der Waals surface area contributed by atoms with Crippen LogP contribution in [0, 0.1) is 16.7 Å². The Morgan fingerprint density at radius 3 is 2.09 bits per heavy atom. The van der Waals surface area contributed by atoms with Crippen LogP contribution in [0.2, 0.25) is 0 Å². The molecule has 0 radical (unpaired) electrons. The summed E-state index contributed by atoms with van der Waals surface area (Å²) in [6, 6.07) is 0. The van der Waals surface area contributed by atoms with Crippen molar-refractivity contribution in [2.45, 2.75) is 66.7 Å². The van der Waals surface area contributed by atoms with E-state index in [1.807, 2.05) is 0 Å². The lowest BCUT2D eigenvalue weighted by Gasteiger charge is -2.39. The van der Waals surface area contributed by atoms with Gasteiger partial charge in [-0.3, -0.25) is 19.2 Å². The number of carbonyl (C=O) groups excluding carboxylic acids is 4. The lowest BCUT2D eigenvalue weighted by molar-refractivity contribution is -0.145. The third kappa shape index (κ3) is 3.36. The predicted octanol–water partition coefficient (Wildman–Crippen LogP) is 3.47. The summed E-state index contributed by atoms with van der Waals surface area (Å²) in [6.07, 6.45) is 2.40. The average molecular weight is 320 g/mol. The Hall–Kier alpha value is -1.58. The standard InChI is InChI=1S/C19H28O4/c1-12(2)17(23)19(10-8-7-9-16(19)22)13(3)11-18(6,14(4)20)15(5)21/h12H,3,7-11H2,1-2,4-6H3. The molecule has 0 aromatic heterocycles. The number of Topliss-reactive ketones (excluding diaryl/α,β-unsaturated/α-hetero) is 4. The van der Waals surface area contributed by atoms with Crippen LogP contribution in [-0.2, 0) is 19.2 Å². The maximum absolute atomic E-state index is 12.8. The lowest BCUT2D eigenvalue weighted by atomic mass is 9.60. The molecule has 1 aliphatic rings. The molecule has 1 rings (SSSR count). The zero-order chi connectivity index (χ0) is 18.0. The number of allylic oxidation sites excluding steroid dienone is 1. The predicted molar refractivity (Wildman–Crippen MR) is 89.0 cm³/mol. The molecule has 1 atom stereocenters. The number of carbonyl (C=O) groups is 4. The largest absolute Gasteiger partial charge is 0.299 e. The van der Waals surface area contributed by atoms with Gasteiger partial charge in [0.2, 0.25) is 0 Å². The summed E-state index contributed by atoms with van der Waals surface area (Å²) >= 11 is 0. The van der Waals surface area contributed by atoms with E-state index in [0.717, 1.165) is 12.8 Å². The van der Waals surface area contributed by atoms with E-state index in [1.165, 1.54) is 13.8 Å². The monoisotopic (exact) mass is 320 g/mol. The molecule has 4 nitrogen and oxygen atoms in total. The van der Waals surface area contributed by atoms with Crippen LogP contribution in [0.3, 0.4) is 0 Å². The third-order valence-corrected chi connectivity index (χ3v) is 5.35. The van der Waals surface area contributed by atoms with Crippen molar-refractivity contribution in [2.75, 3.05) is 0 Å². The van der Waals surface area contributed by atoms with Crippen molar-refractivity contribution >= 4 is 23.1 Å². The highest BCUT2D eigenvalue weighted by atomic mass is 16.2. The van der Waals surface area contributed by atoms with E-state index in [2.05, 4.69) is 6.58 Å². The first-order valence-electron chi connectivity index (χ1n) is 8.28. The molecule has 1 fully saturated rings. The smallest absolute Gasteiger partial charge is 0.152 e. The van der Waals surface area contributed by atoms with Gasteiger partial charge in [0.15, 0.2) is 5.78 Å². The normalized spacial score (nSPS) is 22.1. The van der Waals surface area contributed by atoms with Gasteiger partial charge in [-0.1, -0.05) is 32.4 Å². The van der Waals surface area contributed by atoms with Gasteiger partial charge in [0.25, 0.3) is 0 Å². The van der Waals surface area contributed by atoms with Gasteiger partial charge in [-0.25, -0.2) is 0 Å². The van der Waals surface area contributed by atoms with Crippen molar-refractivity contribution in [1.82, 2.24) is 0 Å². The molecule has 4 heteroatoms. The van der Waals surface area contributed by atoms with Gasteiger partial charge in [-0.15, -0.1) is 0 Å². The maximum Gasteiger partial charge on any atom is 0.152 e. The van der Waals surface area contributed by atoms with Crippen LogP contribution in [0.25, 0.3) is 0 Å². The molecular weight excluding hydrogens is 292 g/mol. The van der Waals surface area contributed by atoms with Crippen LogP contribution < -0.4 is 0 Å². The molecule has 0 saturated heterocycles. The highest BCUT2D eigenvalue weighted by Gasteiger charge is 2.51. The second kappa shape index (κ2) is 6.90. The van der Waals surface area contributed by atoms with Gasteiger partial charge in [-0.2, -0.15) is 0 Å². The van der Waals surface area contributed by atoms with Gasteiger partial charge in [0.1, 0.15) is 22.8 Å². The second-order valence-electron chi connectivity index (χ2n) is 7.28. The van der Waals surface area contributed by atoms with Gasteiger partial charge < -0.3 is 0 Å². The Morgan fingerprint density at radius 1 is 1.17 bits per heavy atom. The molecule has 1 unspecified atom stereocenters. The van der Waals surface area contributed by atoms with Crippen LogP contribution in [0.5, 0.6) is 0 Å². The van der Waals surface area contributed by atoms with Crippen LogP contribution in [0.4, 0.5) is 0 Å². The van der Waals surface area contributed by atoms with Crippen molar-refractivity contribution in [3.63, 3.8) is 0 Å². The minimum atomic E-state index is -1.22. The van der Waals surface area contributed by atoms with E-state index in [4.69, 9.17) is 0 Å². The Balaban J connectivity index is 3.31. The van der Waals surface area contributed by atoms with E-state index < -0.39 is 10.8 Å². The van der Waals surface area contributed by atoms with Crippen molar-refractivity contribution in [2.24, 2.45) is 16.7 Å². The first-order chi connectivity index (χ1) is 10.5. The molecule has 128 valence electrons. The van der Waals surface area contributed by atoms with Gasteiger partial charge in [-0.05, 0) is 40.0 Å². The molecule has 0 heterocycles. The zero-order valence-electron chi connectivity index (χ0n) is 15.0. The molecule has 0 aromatic carbocycles. The van der Waals surface area contributed by atoms with E-state index in [-0.39, 0.29) is 35.5 Å². The van der Waals surface area contributed by atoms with Crippen LogP contribution in [0.1, 0.15) is 66.7 Å². The SMILES string of the molecule is C=C(CC(C)(C(C)=O)C(C)=O)C1(C(=O)C(C)C)CCCCC1=O. The molecule has 1 saturated carbocycles. The van der Waals surface area contributed by atoms with E-state index >= 15 is 0 Å². The van der Waals surface area contributed by atoms with Crippen LogP contribution >= 0.6 is 0 Å². The number of ketones is 4. The molecule has 0 bridgehead atoms. The number of hydrogen-bond donors (Lipinski definition) is 0. The second-order valence-corrected chi connectivity index (χ2v) is 7.28. The third-order valence-electron chi connectivity index (χ3n) is 5.35. The van der Waals surface area contributed by atoms with Crippen molar-refractivity contribution < 1.29 is 19.2 Å². The minimum absolute atomic E-state index is 0.0574. The lowest BCUT2D eigenvalue weighted by Crippen LogP contribution is -2.47. The molecule has 0 aliphatic heterocycles. The highest BCUT2D eigenvalue weighted by molar-refractivity contribution is 6.12. The Bertz CT molecular complexity index is 542. The summed E-state index contributed by atoms with van der Waals surface area (Å²) in [7, 11) is 0. The van der Waals surface area contributed by atoms with E-state index in [9.17, 15) is 19.2 Å². The number of rotatable bonds is 7. The fourth-order valence-corrected chi connectivity index (χ4v) is 3.40. The van der Waals surface area contributed by atoms with Crippen molar-refractivity contribution in [3.8, 4) is 0 Å². The maximum atomic E-state index is 12.8. The Labute approximate surface area is 138 Å². The molecule has 0 N–H and O–H groups in total. The fourth-order valence-electron chi connectivity index (χ4n) is 3.40. The highest BCUT2D eigenvalue weighted by Crippen LogP contribution is 2.46. The molecule has 0 amide bonds. The van der Waals surface area contributed by atoms with Crippen molar-refractivity contribution in [1.29, 1.82) is 0 Å². The van der Waals surface area contributed by atoms with E-state index in [0.29, 0.717) is 18.4 Å². The Kier molecular flexibility index (Phi) is 5.84. The fraction of sp³-hybridized carbons (Fsp3) is 0.684. The van der Waals surface area contributed by atoms with Gasteiger partial charge in [0.05, 0.1) is 5.41 Å². The summed E-state index contributed by atoms with van der Waals surface area (Å²) in [5.74, 6) is -1.07. The zero-order valence-corrected chi connectivity index (χ0v) is 15.0. The quantitative estimate of drug-likeness (QED) is 0.532. The van der Waals surface area contributed by atoms with Crippen LogP contribution in [-0.4, -0.2) is 23.1 Å². The average Bonchev–Trinajstić information content (AvgIpc) is 2.46. The number of hydrogen-bond acceptors (Lipinski definition) is 4. The first-order valence-corrected chi connectivity index (χ1v) is 8.28. The van der Waals surface area contributed by atoms with Gasteiger partial charge >= 0.3 is 0 Å². The summed E-state index contributed by atoms with van der Waals surface area (Å²) in [4.78, 5) is 49.5. The summed E-state index contributed by atoms with van der Waals surface area (Å²) < 4.78 is 0. The van der Waals surface area contributed by atoms with Crippen LogP contribution in [0.15, 0.2) is 12.2 Å². The molecule has 0 aromatic rings. The van der Waals surface area contributed by atoms with E-state index in [1.54, 1.807) is 20.8 Å². The summed E-state index contributed by atoms with van der Waals surface area (Å²) in [5.41, 5.74) is -2.02. The summed E-state index contributed by atoms with van der Waals surface area (Å²) in [6.45, 7) is 11.9. The molecular formula is C19H28O4. The van der Waals surface area contributed by atoms with Crippen molar-refractivity contribution in [3.05, 3.63) is 12.2 Å². The topological polar surface area (TPSA) is 68.3 Å². The molecule has 1 aliphatic carbocycles. The molecule has 23 heavy (non-hydrogen) atoms. The Morgan fingerprint density at radius 2 is 1.70 bits per heavy atom. The summed E-state index contributed by atoms with van der Waals surface area (Å²) in [5, 5.41) is 0. The minimum Gasteiger partial charge on any atom is -0.299 e. The first kappa shape index (κ1) is 19.5. The van der Waals surface area contributed by atoms with Gasteiger partial charge in [0, 0.05) is 12.3 Å². The molecule has 0 spiro atoms.